The zero-order chi connectivity index (χ0) is 16.9. The maximum atomic E-state index is 12.0. The molecule has 0 aromatic heterocycles. The average Bonchev–Trinajstić information content (AvgIpc) is 2.45. The molecule has 0 radical (unpaired) electrons. The third-order valence-electron chi connectivity index (χ3n) is 3.17. The molecule has 4 N–H and O–H groups in total. The molecule has 0 atom stereocenters. The van der Waals surface area contributed by atoms with Gasteiger partial charge in [0, 0.05) is 12.1 Å². The van der Waals surface area contributed by atoms with Crippen molar-refractivity contribution in [2.75, 3.05) is 10.0 Å². The number of carbonyl (C=O) groups is 1. The monoisotopic (exact) mass is 333 g/mol. The Balaban J connectivity index is 1.92. The van der Waals surface area contributed by atoms with Gasteiger partial charge < -0.3 is 5.32 Å². The molecule has 122 valence electrons. The minimum Gasteiger partial charge on any atom is -0.326 e. The Kier molecular flexibility index (Phi) is 5.36. The Morgan fingerprint density at radius 1 is 1.09 bits per heavy atom. The van der Waals surface area contributed by atoms with Gasteiger partial charge in [-0.3, -0.25) is 9.52 Å². The molecule has 2 rings (SSSR count). The van der Waals surface area contributed by atoms with Crippen molar-refractivity contribution in [1.29, 1.82) is 0 Å². The highest BCUT2D eigenvalue weighted by Crippen LogP contribution is 2.16. The topological polar surface area (TPSA) is 101 Å². The lowest BCUT2D eigenvalue weighted by molar-refractivity contribution is -0.116. The number of hydrogen-bond donors (Lipinski definition) is 3. The summed E-state index contributed by atoms with van der Waals surface area (Å²) in [6, 6.07) is 14.4. The molecule has 0 spiro atoms. The van der Waals surface area contributed by atoms with Crippen molar-refractivity contribution in [3.63, 3.8) is 0 Å². The Bertz CT molecular complexity index is 786. The summed E-state index contributed by atoms with van der Waals surface area (Å²) in [6.07, 6.45) is 0.983. The molecule has 0 bridgehead atoms. The van der Waals surface area contributed by atoms with E-state index in [9.17, 15) is 13.2 Å². The number of aryl methyl sites for hydroxylation is 2. The maximum Gasteiger partial charge on any atom is 0.296 e. The van der Waals surface area contributed by atoms with Gasteiger partial charge >= 0.3 is 0 Å². The summed E-state index contributed by atoms with van der Waals surface area (Å²) >= 11 is 0. The lowest BCUT2D eigenvalue weighted by Crippen LogP contribution is -2.21. The molecular weight excluding hydrogens is 314 g/mol. The fourth-order valence-corrected chi connectivity index (χ4v) is 2.52. The van der Waals surface area contributed by atoms with Crippen molar-refractivity contribution in [1.82, 2.24) is 0 Å². The number of amides is 1. The second-order valence-electron chi connectivity index (χ2n) is 5.26. The van der Waals surface area contributed by atoms with Crippen LogP contribution < -0.4 is 15.2 Å². The lowest BCUT2D eigenvalue weighted by Gasteiger charge is -2.08. The number of hydrogen-bond acceptors (Lipinski definition) is 3. The van der Waals surface area contributed by atoms with Crippen LogP contribution in [-0.2, 0) is 21.4 Å². The first-order valence-corrected chi connectivity index (χ1v) is 8.62. The number of anilines is 2. The SMILES string of the molecule is Cc1ccc(CCC(=O)Nc2cccc(NS(N)(=O)=O)c2)cc1. The molecule has 1 amide bonds. The van der Waals surface area contributed by atoms with Crippen LogP contribution in [0.2, 0.25) is 0 Å². The van der Waals surface area contributed by atoms with E-state index in [-0.39, 0.29) is 5.91 Å². The van der Waals surface area contributed by atoms with Gasteiger partial charge in [0.1, 0.15) is 0 Å². The molecule has 2 aromatic carbocycles. The Hall–Kier alpha value is -2.38. The molecular formula is C16H19N3O3S. The molecule has 7 heteroatoms. The zero-order valence-corrected chi connectivity index (χ0v) is 13.6. The van der Waals surface area contributed by atoms with Gasteiger partial charge in [0.2, 0.25) is 5.91 Å². The number of benzene rings is 2. The van der Waals surface area contributed by atoms with Crippen molar-refractivity contribution in [2.45, 2.75) is 19.8 Å². The Labute approximate surface area is 135 Å². The van der Waals surface area contributed by atoms with Gasteiger partial charge in [-0.25, -0.2) is 5.14 Å². The van der Waals surface area contributed by atoms with E-state index >= 15 is 0 Å². The first-order valence-electron chi connectivity index (χ1n) is 7.08. The molecule has 0 aliphatic rings. The van der Waals surface area contributed by atoms with Crippen LogP contribution >= 0.6 is 0 Å². The Morgan fingerprint density at radius 2 is 1.74 bits per heavy atom. The summed E-state index contributed by atoms with van der Waals surface area (Å²) in [4.78, 5) is 12.0. The van der Waals surface area contributed by atoms with Crippen LogP contribution in [0.4, 0.5) is 11.4 Å². The summed E-state index contributed by atoms with van der Waals surface area (Å²) < 4.78 is 24.2. The standard InChI is InChI=1S/C16H19N3O3S/c1-12-5-7-13(8-6-12)9-10-16(20)18-14-3-2-4-15(11-14)19-23(17,21)22/h2-8,11,19H,9-10H2,1H3,(H,18,20)(H2,17,21,22). The van der Waals surface area contributed by atoms with E-state index < -0.39 is 10.2 Å². The highest BCUT2D eigenvalue weighted by atomic mass is 32.2. The van der Waals surface area contributed by atoms with Gasteiger partial charge in [0.25, 0.3) is 10.2 Å². The maximum absolute atomic E-state index is 12.0. The van der Waals surface area contributed by atoms with Crippen LogP contribution in [-0.4, -0.2) is 14.3 Å². The molecule has 0 fully saturated rings. The number of rotatable bonds is 6. The highest BCUT2D eigenvalue weighted by Gasteiger charge is 2.06. The fraction of sp³-hybridized carbons (Fsp3) is 0.188. The fourth-order valence-electron chi connectivity index (χ4n) is 2.06. The Morgan fingerprint density at radius 3 is 2.39 bits per heavy atom. The van der Waals surface area contributed by atoms with Crippen molar-refractivity contribution >= 4 is 27.5 Å². The van der Waals surface area contributed by atoms with Gasteiger partial charge in [-0.15, -0.1) is 0 Å². The van der Waals surface area contributed by atoms with Crippen molar-refractivity contribution in [3.8, 4) is 0 Å². The molecule has 0 saturated carbocycles. The minimum atomic E-state index is -3.83. The third-order valence-corrected chi connectivity index (χ3v) is 3.69. The molecule has 0 heterocycles. The number of nitrogens with one attached hydrogen (secondary N) is 2. The molecule has 0 unspecified atom stereocenters. The third kappa shape index (κ3) is 6.09. The second-order valence-corrected chi connectivity index (χ2v) is 6.56. The lowest BCUT2D eigenvalue weighted by atomic mass is 10.1. The number of nitrogens with two attached hydrogens (primary N) is 1. The van der Waals surface area contributed by atoms with E-state index in [4.69, 9.17) is 5.14 Å². The van der Waals surface area contributed by atoms with Crippen LogP contribution in [0.3, 0.4) is 0 Å². The molecule has 0 saturated heterocycles. The minimum absolute atomic E-state index is 0.140. The second kappa shape index (κ2) is 7.26. The predicted octanol–water partition coefficient (Wildman–Crippen LogP) is 2.18. The van der Waals surface area contributed by atoms with E-state index in [1.54, 1.807) is 18.2 Å². The quantitative estimate of drug-likeness (QED) is 0.755. The number of carbonyl (C=O) groups excluding carboxylic acids is 1. The van der Waals surface area contributed by atoms with E-state index in [0.29, 0.717) is 24.2 Å². The first kappa shape index (κ1) is 17.0. The van der Waals surface area contributed by atoms with Gasteiger partial charge in [-0.1, -0.05) is 35.9 Å². The summed E-state index contributed by atoms with van der Waals surface area (Å²) in [7, 11) is -3.83. The van der Waals surface area contributed by atoms with Gasteiger partial charge in [-0.2, -0.15) is 8.42 Å². The van der Waals surface area contributed by atoms with Crippen LogP contribution in [0.25, 0.3) is 0 Å². The molecule has 2 aromatic rings. The van der Waals surface area contributed by atoms with Crippen molar-refractivity contribution in [3.05, 3.63) is 59.7 Å². The molecule has 6 nitrogen and oxygen atoms in total. The van der Waals surface area contributed by atoms with Crippen LogP contribution in [0, 0.1) is 6.92 Å². The summed E-state index contributed by atoms with van der Waals surface area (Å²) in [6.45, 7) is 2.01. The van der Waals surface area contributed by atoms with Crippen molar-refractivity contribution in [2.24, 2.45) is 5.14 Å². The van der Waals surface area contributed by atoms with Crippen LogP contribution in [0.5, 0.6) is 0 Å². The predicted molar refractivity (Wildman–Crippen MR) is 91.3 cm³/mol. The molecule has 23 heavy (non-hydrogen) atoms. The summed E-state index contributed by atoms with van der Waals surface area (Å²) in [5, 5.41) is 7.65. The van der Waals surface area contributed by atoms with Crippen LogP contribution in [0.15, 0.2) is 48.5 Å². The first-order chi connectivity index (χ1) is 10.8. The van der Waals surface area contributed by atoms with Gasteiger partial charge in [0.05, 0.1) is 5.69 Å². The summed E-state index contributed by atoms with van der Waals surface area (Å²) in [5.74, 6) is -0.140. The van der Waals surface area contributed by atoms with Gasteiger partial charge in [-0.05, 0) is 37.1 Å². The van der Waals surface area contributed by atoms with Crippen molar-refractivity contribution < 1.29 is 13.2 Å². The van der Waals surface area contributed by atoms with E-state index in [1.807, 2.05) is 31.2 Å². The largest absolute Gasteiger partial charge is 0.326 e. The normalized spacial score (nSPS) is 11.0. The smallest absolute Gasteiger partial charge is 0.296 e. The van der Waals surface area contributed by atoms with Gasteiger partial charge in [0.15, 0.2) is 0 Å². The average molecular weight is 333 g/mol. The van der Waals surface area contributed by atoms with E-state index in [1.165, 1.54) is 11.6 Å². The van der Waals surface area contributed by atoms with E-state index in [0.717, 1.165) is 5.56 Å². The zero-order valence-electron chi connectivity index (χ0n) is 12.7. The molecule has 0 aliphatic heterocycles. The summed E-state index contributed by atoms with van der Waals surface area (Å²) in [5.41, 5.74) is 3.07. The molecule has 0 aliphatic carbocycles. The van der Waals surface area contributed by atoms with Crippen LogP contribution in [0.1, 0.15) is 17.5 Å². The highest BCUT2D eigenvalue weighted by molar-refractivity contribution is 7.90. The van der Waals surface area contributed by atoms with E-state index in [2.05, 4.69) is 10.0 Å².